The van der Waals surface area contributed by atoms with E-state index in [0.717, 1.165) is 36.9 Å². The third kappa shape index (κ3) is 6.09. The van der Waals surface area contributed by atoms with E-state index in [9.17, 15) is 14.4 Å². The van der Waals surface area contributed by atoms with Gasteiger partial charge >= 0.3 is 6.09 Å². The number of carbonyl (C=O) groups is 2. The second-order valence-corrected chi connectivity index (χ2v) is 12.5. The van der Waals surface area contributed by atoms with Crippen LogP contribution in [0.25, 0.3) is 0 Å². The van der Waals surface area contributed by atoms with E-state index in [1.165, 1.54) is 0 Å². The molecule has 1 saturated carbocycles. The monoisotopic (exact) mass is 573 g/mol. The zero-order valence-corrected chi connectivity index (χ0v) is 25.4. The third-order valence-corrected chi connectivity index (χ3v) is 8.16. The summed E-state index contributed by atoms with van der Waals surface area (Å²) >= 11 is 6.60. The van der Waals surface area contributed by atoms with E-state index in [-0.39, 0.29) is 41.1 Å². The Hall–Kier alpha value is -3.20. The van der Waals surface area contributed by atoms with Gasteiger partial charge in [0.1, 0.15) is 5.60 Å². The number of pyridine rings is 1. The Morgan fingerprint density at radius 3 is 2.35 bits per heavy atom. The Kier molecular flexibility index (Phi) is 8.18. The summed E-state index contributed by atoms with van der Waals surface area (Å²) in [6.45, 7) is 13.0. The quantitative estimate of drug-likeness (QED) is 0.468. The lowest BCUT2D eigenvalue weighted by Gasteiger charge is -2.40. The lowest BCUT2D eigenvalue weighted by Crippen LogP contribution is -2.48. The molecule has 2 heterocycles. The van der Waals surface area contributed by atoms with Gasteiger partial charge in [-0.25, -0.2) is 4.79 Å². The fourth-order valence-electron chi connectivity index (χ4n) is 5.58. The molecule has 1 unspecified atom stereocenters. The number of carbonyl (C=O) groups excluding carboxylic acids is 2. The fraction of sp³-hybridized carbons (Fsp3) is 0.567. The van der Waals surface area contributed by atoms with Gasteiger partial charge in [-0.05, 0) is 84.9 Å². The summed E-state index contributed by atoms with van der Waals surface area (Å²) in [5, 5.41) is 3.13. The minimum atomic E-state index is -0.951. The average molecular weight is 574 g/mol. The van der Waals surface area contributed by atoms with Crippen LogP contribution >= 0.6 is 11.6 Å². The molecule has 40 heavy (non-hydrogen) atoms. The van der Waals surface area contributed by atoms with Crippen molar-refractivity contribution in [2.75, 3.05) is 7.05 Å². The van der Waals surface area contributed by atoms with E-state index in [0.29, 0.717) is 28.2 Å². The number of aromatic amines is 1. The van der Waals surface area contributed by atoms with E-state index in [1.54, 1.807) is 24.9 Å². The highest BCUT2D eigenvalue weighted by atomic mass is 35.5. The number of hydrogen-bond donors (Lipinski definition) is 2. The van der Waals surface area contributed by atoms with Gasteiger partial charge in [0, 0.05) is 54.9 Å². The van der Waals surface area contributed by atoms with Crippen molar-refractivity contribution < 1.29 is 23.8 Å². The molecule has 0 radical (unpaired) electrons. The molecule has 2 N–H and O–H groups in total. The van der Waals surface area contributed by atoms with Crippen LogP contribution in [0.1, 0.15) is 86.1 Å². The third-order valence-electron chi connectivity index (χ3n) is 7.88. The number of ether oxygens (including phenoxy) is 3. The van der Waals surface area contributed by atoms with Crippen LogP contribution in [0, 0.1) is 26.7 Å². The molecule has 2 amide bonds. The molecule has 1 fully saturated rings. The number of halogens is 1. The summed E-state index contributed by atoms with van der Waals surface area (Å²) in [4.78, 5) is 42.5. The minimum Gasteiger partial charge on any atom is -0.448 e. The summed E-state index contributed by atoms with van der Waals surface area (Å²) in [6, 6.07) is 3.53. The summed E-state index contributed by atoms with van der Waals surface area (Å²) in [5.41, 5.74) is 2.29. The molecule has 218 valence electrons. The van der Waals surface area contributed by atoms with Crippen molar-refractivity contribution >= 4 is 23.6 Å². The second-order valence-electron chi connectivity index (χ2n) is 12.1. The number of aromatic nitrogens is 1. The second kappa shape index (κ2) is 11.0. The summed E-state index contributed by atoms with van der Waals surface area (Å²) in [5.74, 6) is -0.362. The molecule has 1 atom stereocenters. The first-order chi connectivity index (χ1) is 18.6. The number of aryl methyl sites for hydroxylation is 2. The van der Waals surface area contributed by atoms with Crippen LogP contribution in [0.4, 0.5) is 4.79 Å². The van der Waals surface area contributed by atoms with Gasteiger partial charge in [-0.3, -0.25) is 9.59 Å². The Labute approximate surface area is 240 Å². The molecule has 1 aliphatic carbocycles. The Balaban J connectivity index is 1.44. The normalized spacial score (nSPS) is 22.1. The predicted octanol–water partition coefficient (Wildman–Crippen LogP) is 5.80. The fourth-order valence-corrected chi connectivity index (χ4v) is 5.82. The standard InChI is InChI=1S/C30H40ClN3O6/c1-16-13-17(2)33-27(36)22(16)15-32-26(35)21-14-23(31)25-24(18(21)3)38-30(7,39-25)19-9-11-20(12-10-19)34(8)28(37)40-29(4,5)6/h13-14,19-20H,9-12,15H2,1-8H3,(H,32,35)(H,33,36)/t19-,20-,30?. The van der Waals surface area contributed by atoms with Crippen molar-refractivity contribution in [3.05, 3.63) is 55.5 Å². The number of nitrogens with zero attached hydrogens (tertiary/aromatic N) is 1. The van der Waals surface area contributed by atoms with Crippen molar-refractivity contribution in [3.8, 4) is 11.5 Å². The van der Waals surface area contributed by atoms with Crippen molar-refractivity contribution in [1.82, 2.24) is 15.2 Å². The molecule has 2 aliphatic rings. The number of hydrogen-bond acceptors (Lipinski definition) is 6. The first-order valence-electron chi connectivity index (χ1n) is 13.7. The van der Waals surface area contributed by atoms with Crippen LogP contribution in [-0.2, 0) is 11.3 Å². The van der Waals surface area contributed by atoms with Gasteiger partial charge in [0.2, 0.25) is 0 Å². The summed E-state index contributed by atoms with van der Waals surface area (Å²) in [6.07, 6.45) is 2.83. The van der Waals surface area contributed by atoms with Gasteiger partial charge in [0.15, 0.2) is 11.5 Å². The topological polar surface area (TPSA) is 110 Å². The van der Waals surface area contributed by atoms with Crippen LogP contribution in [0.15, 0.2) is 16.9 Å². The summed E-state index contributed by atoms with van der Waals surface area (Å²) < 4.78 is 18.3. The van der Waals surface area contributed by atoms with E-state index < -0.39 is 11.4 Å². The Morgan fingerprint density at radius 1 is 1.12 bits per heavy atom. The van der Waals surface area contributed by atoms with E-state index in [1.807, 2.05) is 47.6 Å². The molecule has 0 spiro atoms. The molecular formula is C30H40ClN3O6. The first kappa shape index (κ1) is 29.8. The maximum absolute atomic E-state index is 13.2. The highest BCUT2D eigenvalue weighted by molar-refractivity contribution is 6.33. The first-order valence-corrected chi connectivity index (χ1v) is 14.1. The van der Waals surface area contributed by atoms with E-state index in [4.69, 9.17) is 25.8 Å². The van der Waals surface area contributed by atoms with Crippen molar-refractivity contribution in [3.63, 3.8) is 0 Å². The lowest BCUT2D eigenvalue weighted by molar-refractivity contribution is -0.123. The Morgan fingerprint density at radius 2 is 1.75 bits per heavy atom. The van der Waals surface area contributed by atoms with Gasteiger partial charge < -0.3 is 29.4 Å². The minimum absolute atomic E-state index is 0.0622. The number of benzene rings is 1. The number of fused-ring (bicyclic) bond motifs is 1. The number of amides is 2. The van der Waals surface area contributed by atoms with Gasteiger partial charge in [-0.15, -0.1) is 0 Å². The zero-order valence-electron chi connectivity index (χ0n) is 24.6. The number of H-pyrrole nitrogens is 1. The van der Waals surface area contributed by atoms with Gasteiger partial charge in [0.25, 0.3) is 17.3 Å². The van der Waals surface area contributed by atoms with Crippen molar-refractivity contribution in [2.45, 2.75) is 98.1 Å². The molecule has 0 bridgehead atoms. The zero-order chi connectivity index (χ0) is 29.6. The van der Waals surface area contributed by atoms with Crippen LogP contribution in [0.2, 0.25) is 5.02 Å². The van der Waals surface area contributed by atoms with Crippen LogP contribution < -0.4 is 20.3 Å². The predicted molar refractivity (Wildman–Crippen MR) is 153 cm³/mol. The molecule has 10 heteroatoms. The molecule has 0 saturated heterocycles. The molecule has 2 aromatic rings. The summed E-state index contributed by atoms with van der Waals surface area (Å²) in [7, 11) is 1.78. The van der Waals surface area contributed by atoms with Gasteiger partial charge in [-0.1, -0.05) is 11.6 Å². The van der Waals surface area contributed by atoms with Crippen molar-refractivity contribution in [2.24, 2.45) is 5.92 Å². The van der Waals surface area contributed by atoms with Crippen LogP contribution in [-0.4, -0.2) is 46.4 Å². The number of rotatable bonds is 5. The molecule has 4 rings (SSSR count). The van der Waals surface area contributed by atoms with Crippen LogP contribution in [0.5, 0.6) is 11.5 Å². The molecule has 1 aromatic heterocycles. The SMILES string of the molecule is Cc1cc(C)c(CNC(=O)c2cc(Cl)c3c(c2C)OC(C)([C@H]2CC[C@H](N(C)C(=O)OC(C)(C)C)CC2)O3)c(=O)[nH]1. The Bertz CT molecular complexity index is 1370. The molecular weight excluding hydrogens is 534 g/mol. The van der Waals surface area contributed by atoms with Crippen LogP contribution in [0.3, 0.4) is 0 Å². The molecule has 1 aromatic carbocycles. The van der Waals surface area contributed by atoms with Gasteiger partial charge in [0.05, 0.1) is 5.02 Å². The van der Waals surface area contributed by atoms with Gasteiger partial charge in [-0.2, -0.15) is 0 Å². The van der Waals surface area contributed by atoms with E-state index in [2.05, 4.69) is 10.3 Å². The largest absolute Gasteiger partial charge is 0.448 e. The average Bonchev–Trinajstić information content (AvgIpc) is 3.24. The molecule has 1 aliphatic heterocycles. The molecule has 9 nitrogen and oxygen atoms in total. The highest BCUT2D eigenvalue weighted by Gasteiger charge is 2.48. The maximum Gasteiger partial charge on any atom is 0.410 e. The number of nitrogens with one attached hydrogen (secondary N) is 2. The maximum atomic E-state index is 13.2. The smallest absolute Gasteiger partial charge is 0.410 e. The van der Waals surface area contributed by atoms with E-state index >= 15 is 0 Å². The van der Waals surface area contributed by atoms with Crippen molar-refractivity contribution in [1.29, 1.82) is 0 Å². The lowest BCUT2D eigenvalue weighted by atomic mass is 9.81. The highest BCUT2D eigenvalue weighted by Crippen LogP contribution is 2.51.